The van der Waals surface area contributed by atoms with Gasteiger partial charge in [0, 0.05) is 15.7 Å². The molecule has 2 rings (SSSR count). The van der Waals surface area contributed by atoms with Crippen LogP contribution in [0.15, 0.2) is 42.5 Å². The molecule has 2 aromatic rings. The van der Waals surface area contributed by atoms with E-state index >= 15 is 0 Å². The molecule has 0 fully saturated rings. The maximum Gasteiger partial charge on any atom is 0.171 e. The van der Waals surface area contributed by atoms with Crippen molar-refractivity contribution in [3.8, 4) is 0 Å². The van der Waals surface area contributed by atoms with Crippen molar-refractivity contribution in [1.29, 1.82) is 0 Å². The Kier molecular flexibility index (Phi) is 6.07. The zero-order valence-corrected chi connectivity index (χ0v) is 14.8. The van der Waals surface area contributed by atoms with Gasteiger partial charge in [0.25, 0.3) is 0 Å². The minimum atomic E-state index is 0.162. The third kappa shape index (κ3) is 4.87. The Morgan fingerprint density at radius 3 is 2.23 bits per heavy atom. The van der Waals surface area contributed by atoms with Gasteiger partial charge in [-0.1, -0.05) is 60.0 Å². The van der Waals surface area contributed by atoms with E-state index in [0.717, 1.165) is 12.1 Å². The molecule has 1 unspecified atom stereocenters. The van der Waals surface area contributed by atoms with E-state index in [2.05, 4.69) is 48.7 Å². The molecule has 0 aliphatic carbocycles. The van der Waals surface area contributed by atoms with Crippen LogP contribution in [0.4, 0.5) is 5.69 Å². The van der Waals surface area contributed by atoms with E-state index in [1.165, 1.54) is 11.1 Å². The van der Waals surface area contributed by atoms with Crippen LogP contribution in [0.3, 0.4) is 0 Å². The van der Waals surface area contributed by atoms with Crippen LogP contribution in [0.5, 0.6) is 0 Å². The van der Waals surface area contributed by atoms with E-state index < -0.39 is 0 Å². The number of nitrogens with one attached hydrogen (secondary N) is 2. The highest BCUT2D eigenvalue weighted by molar-refractivity contribution is 7.80. The fraction of sp³-hybridized carbons (Fsp3) is 0.235. The number of halogens is 2. The molecule has 0 aliphatic rings. The number of aryl methyl sites for hydroxylation is 1. The summed E-state index contributed by atoms with van der Waals surface area (Å²) in [4.78, 5) is 0. The van der Waals surface area contributed by atoms with E-state index in [1.807, 2.05) is 0 Å². The molecule has 116 valence electrons. The lowest BCUT2D eigenvalue weighted by molar-refractivity contribution is 0.629. The van der Waals surface area contributed by atoms with Gasteiger partial charge in [-0.2, -0.15) is 0 Å². The Morgan fingerprint density at radius 1 is 1.09 bits per heavy atom. The molecule has 5 heteroatoms. The zero-order valence-electron chi connectivity index (χ0n) is 12.5. The smallest absolute Gasteiger partial charge is 0.171 e. The molecule has 0 spiro atoms. The Balaban J connectivity index is 2.04. The highest BCUT2D eigenvalue weighted by Gasteiger charge is 2.10. The highest BCUT2D eigenvalue weighted by atomic mass is 35.5. The molecule has 2 nitrogen and oxygen atoms in total. The quantitative estimate of drug-likeness (QED) is 0.686. The molecule has 2 aromatic carbocycles. The minimum absolute atomic E-state index is 0.162. The summed E-state index contributed by atoms with van der Waals surface area (Å²) in [7, 11) is 0. The van der Waals surface area contributed by atoms with E-state index in [1.54, 1.807) is 18.2 Å². The summed E-state index contributed by atoms with van der Waals surface area (Å²) in [6, 6.07) is 13.9. The summed E-state index contributed by atoms with van der Waals surface area (Å²) in [5.74, 6) is 0. The summed E-state index contributed by atoms with van der Waals surface area (Å²) in [6.07, 6.45) is 0.932. The van der Waals surface area contributed by atoms with Gasteiger partial charge >= 0.3 is 0 Å². The van der Waals surface area contributed by atoms with Crippen molar-refractivity contribution in [2.75, 3.05) is 5.32 Å². The normalized spacial score (nSPS) is 11.8. The molecule has 0 aliphatic heterocycles. The minimum Gasteiger partial charge on any atom is -0.356 e. The van der Waals surface area contributed by atoms with Crippen LogP contribution in [0, 0.1) is 6.92 Å². The summed E-state index contributed by atoms with van der Waals surface area (Å²) >= 11 is 17.4. The number of hydrogen-bond donors (Lipinski definition) is 2. The van der Waals surface area contributed by atoms with Crippen LogP contribution in [0.1, 0.15) is 30.5 Å². The van der Waals surface area contributed by atoms with Gasteiger partial charge in [-0.25, -0.2) is 0 Å². The lowest BCUT2D eigenvalue weighted by Crippen LogP contribution is -2.32. The topological polar surface area (TPSA) is 24.1 Å². The second-order valence-electron chi connectivity index (χ2n) is 5.13. The molecular formula is C17H18Cl2N2S. The van der Waals surface area contributed by atoms with Crippen molar-refractivity contribution in [1.82, 2.24) is 5.32 Å². The molecule has 0 aromatic heterocycles. The molecule has 0 amide bonds. The largest absolute Gasteiger partial charge is 0.356 e. The fourth-order valence-corrected chi connectivity index (χ4v) is 2.96. The van der Waals surface area contributed by atoms with Gasteiger partial charge in [-0.05, 0) is 49.3 Å². The Morgan fingerprint density at radius 2 is 1.68 bits per heavy atom. The summed E-state index contributed by atoms with van der Waals surface area (Å²) in [6.45, 7) is 4.20. The van der Waals surface area contributed by atoms with Gasteiger partial charge in [0.1, 0.15) is 0 Å². The highest BCUT2D eigenvalue weighted by Crippen LogP contribution is 2.23. The van der Waals surface area contributed by atoms with Gasteiger partial charge in [0.05, 0.1) is 6.04 Å². The van der Waals surface area contributed by atoms with Crippen LogP contribution >= 0.6 is 35.4 Å². The molecule has 0 bridgehead atoms. The van der Waals surface area contributed by atoms with Gasteiger partial charge in [-0.15, -0.1) is 0 Å². The van der Waals surface area contributed by atoms with Crippen molar-refractivity contribution >= 4 is 46.2 Å². The molecule has 1 atom stereocenters. The third-order valence-electron chi connectivity index (χ3n) is 3.31. The standard InChI is InChI=1S/C17H18Cl2N2S/c1-3-16(12-6-4-11(2)5-7-12)21-17(22)20-15-9-13(18)8-14(19)10-15/h4-10,16H,3H2,1-2H3,(H2,20,21,22). The van der Waals surface area contributed by atoms with Gasteiger partial charge in [0.2, 0.25) is 0 Å². The summed E-state index contributed by atoms with van der Waals surface area (Å²) in [5, 5.41) is 8.14. The maximum absolute atomic E-state index is 5.99. The lowest BCUT2D eigenvalue weighted by Gasteiger charge is -2.20. The Bertz CT molecular complexity index is 636. The molecule has 0 saturated heterocycles. The molecule has 0 heterocycles. The maximum atomic E-state index is 5.99. The van der Waals surface area contributed by atoms with Crippen molar-refractivity contribution in [2.24, 2.45) is 0 Å². The van der Waals surface area contributed by atoms with Gasteiger partial charge in [-0.3, -0.25) is 0 Å². The van der Waals surface area contributed by atoms with Crippen LogP contribution in [-0.2, 0) is 0 Å². The zero-order chi connectivity index (χ0) is 16.1. The van der Waals surface area contributed by atoms with Crippen molar-refractivity contribution < 1.29 is 0 Å². The molecule has 2 N–H and O–H groups in total. The monoisotopic (exact) mass is 352 g/mol. The third-order valence-corrected chi connectivity index (χ3v) is 3.97. The number of hydrogen-bond acceptors (Lipinski definition) is 1. The number of rotatable bonds is 4. The Hall–Kier alpha value is -1.29. The first-order chi connectivity index (χ1) is 10.5. The average Bonchev–Trinajstić information content (AvgIpc) is 2.44. The van der Waals surface area contributed by atoms with Crippen LogP contribution in [-0.4, -0.2) is 5.11 Å². The second kappa shape index (κ2) is 7.82. The van der Waals surface area contributed by atoms with Gasteiger partial charge < -0.3 is 10.6 Å². The van der Waals surface area contributed by atoms with E-state index in [9.17, 15) is 0 Å². The van der Waals surface area contributed by atoms with Crippen LogP contribution in [0.2, 0.25) is 10.0 Å². The average molecular weight is 353 g/mol. The molecule has 22 heavy (non-hydrogen) atoms. The number of anilines is 1. The van der Waals surface area contributed by atoms with Crippen molar-refractivity contribution in [3.05, 3.63) is 63.6 Å². The first kappa shape index (κ1) is 17.1. The lowest BCUT2D eigenvalue weighted by atomic mass is 10.0. The second-order valence-corrected chi connectivity index (χ2v) is 6.41. The van der Waals surface area contributed by atoms with Gasteiger partial charge in [0.15, 0.2) is 5.11 Å². The van der Waals surface area contributed by atoms with E-state index in [-0.39, 0.29) is 6.04 Å². The SMILES string of the molecule is CCC(NC(=S)Nc1cc(Cl)cc(Cl)c1)c1ccc(C)cc1. The van der Waals surface area contributed by atoms with Crippen LogP contribution in [0.25, 0.3) is 0 Å². The molecular weight excluding hydrogens is 335 g/mol. The Labute approximate surface area is 146 Å². The predicted octanol–water partition coefficient (Wildman–Crippen LogP) is 5.74. The van der Waals surface area contributed by atoms with Crippen molar-refractivity contribution in [2.45, 2.75) is 26.3 Å². The fourth-order valence-electron chi connectivity index (χ4n) is 2.17. The molecule has 0 saturated carbocycles. The number of thiocarbonyl (C=S) groups is 1. The first-order valence-corrected chi connectivity index (χ1v) is 8.24. The summed E-state index contributed by atoms with van der Waals surface area (Å²) < 4.78 is 0. The predicted molar refractivity (Wildman–Crippen MR) is 100 cm³/mol. The van der Waals surface area contributed by atoms with E-state index in [4.69, 9.17) is 35.4 Å². The first-order valence-electron chi connectivity index (χ1n) is 7.08. The van der Waals surface area contributed by atoms with E-state index in [0.29, 0.717) is 15.2 Å². The van der Waals surface area contributed by atoms with Crippen molar-refractivity contribution in [3.63, 3.8) is 0 Å². The molecule has 0 radical (unpaired) electrons. The number of benzene rings is 2. The summed E-state index contributed by atoms with van der Waals surface area (Å²) in [5.41, 5.74) is 3.23. The van der Waals surface area contributed by atoms with Crippen LogP contribution < -0.4 is 10.6 Å².